The summed E-state index contributed by atoms with van der Waals surface area (Å²) in [4.78, 5) is 24.0. The zero-order valence-electron chi connectivity index (χ0n) is 15.1. The molecule has 3 nitrogen and oxygen atoms in total. The molecule has 0 amide bonds. The highest BCUT2D eigenvalue weighted by Gasteiger charge is 2.63. The third-order valence-corrected chi connectivity index (χ3v) is 8.46. The maximum absolute atomic E-state index is 12.2. The van der Waals surface area contributed by atoms with Crippen LogP contribution in [0.4, 0.5) is 0 Å². The standard InChI is InChI=1S/C21H30O3/c1-12(22)16-6-7-17-15-5-4-13-10-14(23)8-9-20(13,2)19(15)18(24)11-21(16,17)3/h8-9,13,15-19,24H,4-7,10-11H2,1-3H3/t13-,15+,16+,17-,18-,19-,20+,21-/m1/s1. The van der Waals surface area contributed by atoms with E-state index >= 15 is 0 Å². The molecule has 24 heavy (non-hydrogen) atoms. The van der Waals surface area contributed by atoms with Gasteiger partial charge >= 0.3 is 0 Å². The van der Waals surface area contributed by atoms with E-state index in [1.807, 2.05) is 0 Å². The summed E-state index contributed by atoms with van der Waals surface area (Å²) >= 11 is 0. The Bertz CT molecular complexity index is 608. The first kappa shape index (κ1) is 16.5. The first-order valence-corrected chi connectivity index (χ1v) is 9.68. The number of aliphatic hydroxyl groups is 1. The van der Waals surface area contributed by atoms with Gasteiger partial charge < -0.3 is 5.11 Å². The SMILES string of the molecule is CC(=O)[C@@H]1CC[C@@H]2[C@@H]3CC[C@@H]4CC(=O)C=C[C@]4(C)[C@H]3[C@H](O)C[C@@]21C. The second kappa shape index (κ2) is 5.27. The molecular formula is C21H30O3. The van der Waals surface area contributed by atoms with Crippen LogP contribution in [0.15, 0.2) is 12.2 Å². The number of hydrogen-bond acceptors (Lipinski definition) is 3. The van der Waals surface area contributed by atoms with Gasteiger partial charge in [0.25, 0.3) is 0 Å². The van der Waals surface area contributed by atoms with Crippen LogP contribution in [-0.2, 0) is 9.59 Å². The molecule has 4 aliphatic carbocycles. The highest BCUT2D eigenvalue weighted by atomic mass is 16.3. The molecule has 3 fully saturated rings. The van der Waals surface area contributed by atoms with Crippen LogP contribution in [0.2, 0.25) is 0 Å². The van der Waals surface area contributed by atoms with Gasteiger partial charge in [-0.15, -0.1) is 0 Å². The van der Waals surface area contributed by atoms with Crippen LogP contribution in [0.5, 0.6) is 0 Å². The van der Waals surface area contributed by atoms with E-state index in [0.29, 0.717) is 30.0 Å². The van der Waals surface area contributed by atoms with Crippen molar-refractivity contribution in [2.24, 2.45) is 40.4 Å². The molecule has 0 radical (unpaired) electrons. The van der Waals surface area contributed by atoms with E-state index < -0.39 is 0 Å². The molecule has 0 aromatic carbocycles. The van der Waals surface area contributed by atoms with Crippen LogP contribution in [0.25, 0.3) is 0 Å². The Balaban J connectivity index is 1.72. The van der Waals surface area contributed by atoms with Gasteiger partial charge in [-0.2, -0.15) is 0 Å². The Morgan fingerprint density at radius 1 is 1.21 bits per heavy atom. The van der Waals surface area contributed by atoms with Crippen molar-refractivity contribution >= 4 is 11.6 Å². The second-order valence-corrected chi connectivity index (χ2v) is 9.46. The zero-order valence-corrected chi connectivity index (χ0v) is 15.1. The fourth-order valence-corrected chi connectivity index (χ4v) is 7.43. The summed E-state index contributed by atoms with van der Waals surface area (Å²) < 4.78 is 0. The largest absolute Gasteiger partial charge is 0.393 e. The zero-order chi connectivity index (χ0) is 17.3. The number of carbonyl (C=O) groups excluding carboxylic acids is 2. The Morgan fingerprint density at radius 3 is 2.67 bits per heavy atom. The van der Waals surface area contributed by atoms with E-state index in [9.17, 15) is 14.7 Å². The molecule has 0 bridgehead atoms. The molecule has 0 aromatic rings. The molecule has 0 unspecified atom stereocenters. The highest BCUT2D eigenvalue weighted by Crippen LogP contribution is 2.66. The number of hydrogen-bond donors (Lipinski definition) is 1. The van der Waals surface area contributed by atoms with E-state index in [-0.39, 0.29) is 34.6 Å². The topological polar surface area (TPSA) is 54.4 Å². The molecule has 3 saturated carbocycles. The lowest BCUT2D eigenvalue weighted by atomic mass is 9.45. The van der Waals surface area contributed by atoms with Crippen molar-refractivity contribution < 1.29 is 14.7 Å². The summed E-state index contributed by atoms with van der Waals surface area (Å²) in [5, 5.41) is 11.2. The van der Waals surface area contributed by atoms with Gasteiger partial charge in [0, 0.05) is 12.3 Å². The molecule has 0 aliphatic heterocycles. The minimum Gasteiger partial charge on any atom is -0.393 e. The van der Waals surface area contributed by atoms with Crippen LogP contribution >= 0.6 is 0 Å². The van der Waals surface area contributed by atoms with Gasteiger partial charge in [-0.25, -0.2) is 0 Å². The minimum absolute atomic E-state index is 0.0379. The number of aliphatic hydroxyl groups excluding tert-OH is 1. The minimum atomic E-state index is -0.359. The number of allylic oxidation sites excluding steroid dienone is 2. The fraction of sp³-hybridized carbons (Fsp3) is 0.810. The molecule has 4 aliphatic rings. The third-order valence-electron chi connectivity index (χ3n) is 8.46. The first-order chi connectivity index (χ1) is 11.3. The van der Waals surface area contributed by atoms with Gasteiger partial charge in [-0.1, -0.05) is 19.9 Å². The molecule has 4 rings (SSSR count). The van der Waals surface area contributed by atoms with Gasteiger partial charge in [0.15, 0.2) is 5.78 Å². The Hall–Kier alpha value is -0.960. The number of ketones is 2. The normalized spacial score (nSPS) is 53.2. The monoisotopic (exact) mass is 330 g/mol. The summed E-state index contributed by atoms with van der Waals surface area (Å²) in [5.41, 5.74) is -0.101. The van der Waals surface area contributed by atoms with Crippen molar-refractivity contribution in [3.05, 3.63) is 12.2 Å². The molecule has 0 heterocycles. The van der Waals surface area contributed by atoms with E-state index in [4.69, 9.17) is 0 Å². The summed E-state index contributed by atoms with van der Waals surface area (Å²) in [5.74, 6) is 2.31. The fourth-order valence-electron chi connectivity index (χ4n) is 7.43. The number of carbonyl (C=O) groups is 2. The number of fused-ring (bicyclic) bond motifs is 5. The third kappa shape index (κ3) is 2.06. The van der Waals surface area contributed by atoms with Gasteiger partial charge in [0.05, 0.1) is 6.10 Å². The van der Waals surface area contributed by atoms with E-state index in [1.54, 1.807) is 13.0 Å². The summed E-state index contributed by atoms with van der Waals surface area (Å²) in [7, 11) is 0. The van der Waals surface area contributed by atoms with Crippen LogP contribution < -0.4 is 0 Å². The first-order valence-electron chi connectivity index (χ1n) is 9.68. The van der Waals surface area contributed by atoms with Gasteiger partial charge in [0.2, 0.25) is 0 Å². The second-order valence-electron chi connectivity index (χ2n) is 9.46. The Morgan fingerprint density at radius 2 is 1.96 bits per heavy atom. The van der Waals surface area contributed by atoms with Gasteiger partial charge in [0.1, 0.15) is 5.78 Å². The molecule has 0 spiro atoms. The Kier molecular flexibility index (Phi) is 3.62. The lowest BCUT2D eigenvalue weighted by Gasteiger charge is -2.60. The van der Waals surface area contributed by atoms with Crippen molar-refractivity contribution in [1.29, 1.82) is 0 Å². The lowest BCUT2D eigenvalue weighted by molar-refractivity contribution is -0.155. The summed E-state index contributed by atoms with van der Waals surface area (Å²) in [6.07, 6.45) is 9.19. The maximum Gasteiger partial charge on any atom is 0.155 e. The molecule has 132 valence electrons. The highest BCUT2D eigenvalue weighted by molar-refractivity contribution is 5.91. The molecular weight excluding hydrogens is 300 g/mol. The predicted molar refractivity (Wildman–Crippen MR) is 92.2 cm³/mol. The summed E-state index contributed by atoms with van der Waals surface area (Å²) in [6.45, 7) is 6.25. The average Bonchev–Trinajstić information content (AvgIpc) is 2.84. The molecule has 1 N–H and O–H groups in total. The van der Waals surface area contributed by atoms with Crippen molar-refractivity contribution in [1.82, 2.24) is 0 Å². The molecule has 0 saturated heterocycles. The van der Waals surface area contributed by atoms with E-state index in [0.717, 1.165) is 32.1 Å². The van der Waals surface area contributed by atoms with Gasteiger partial charge in [-0.05, 0) is 79.6 Å². The Labute approximate surface area is 144 Å². The smallest absolute Gasteiger partial charge is 0.155 e. The van der Waals surface area contributed by atoms with Crippen LogP contribution in [-0.4, -0.2) is 22.8 Å². The predicted octanol–water partition coefficient (Wildman–Crippen LogP) is 3.55. The number of Topliss-reactive ketones (excluding diaryl/α,β-unsaturated/α-hetero) is 1. The maximum atomic E-state index is 12.2. The average molecular weight is 330 g/mol. The number of rotatable bonds is 1. The van der Waals surface area contributed by atoms with Crippen LogP contribution in [0.1, 0.15) is 59.3 Å². The van der Waals surface area contributed by atoms with Crippen molar-refractivity contribution in [3.8, 4) is 0 Å². The molecule has 8 atom stereocenters. The van der Waals surface area contributed by atoms with Crippen molar-refractivity contribution in [3.63, 3.8) is 0 Å². The quantitative estimate of drug-likeness (QED) is 0.800. The van der Waals surface area contributed by atoms with Crippen molar-refractivity contribution in [2.75, 3.05) is 0 Å². The molecule has 3 heteroatoms. The van der Waals surface area contributed by atoms with Crippen LogP contribution in [0, 0.1) is 40.4 Å². The van der Waals surface area contributed by atoms with E-state index in [1.165, 1.54) is 0 Å². The lowest BCUT2D eigenvalue weighted by Crippen LogP contribution is -2.58. The molecule has 0 aromatic heterocycles. The summed E-state index contributed by atoms with van der Waals surface area (Å²) in [6, 6.07) is 0. The van der Waals surface area contributed by atoms with Gasteiger partial charge in [-0.3, -0.25) is 9.59 Å². The van der Waals surface area contributed by atoms with E-state index in [2.05, 4.69) is 19.9 Å². The van der Waals surface area contributed by atoms with Crippen LogP contribution in [0.3, 0.4) is 0 Å². The van der Waals surface area contributed by atoms with Crippen molar-refractivity contribution in [2.45, 2.75) is 65.4 Å².